The Morgan fingerprint density at radius 3 is 2.23 bits per heavy atom. The highest BCUT2D eigenvalue weighted by molar-refractivity contribution is 6.74. The average molecular weight is 381 g/mol. The topological polar surface area (TPSA) is 9.23 Å². The second-order valence-electron chi connectivity index (χ2n) is 9.05. The van der Waals surface area contributed by atoms with E-state index in [-0.39, 0.29) is 16.7 Å². The van der Waals surface area contributed by atoms with Gasteiger partial charge in [-0.15, -0.1) is 0 Å². The van der Waals surface area contributed by atoms with Crippen molar-refractivity contribution in [3.05, 3.63) is 47.7 Å². The largest absolute Gasteiger partial charge is 0.542 e. The van der Waals surface area contributed by atoms with Crippen LogP contribution in [-0.2, 0) is 4.43 Å². The first-order chi connectivity index (χ1) is 12.0. The van der Waals surface area contributed by atoms with Crippen molar-refractivity contribution in [3.8, 4) is 0 Å². The maximum atomic E-state index is 15.4. The van der Waals surface area contributed by atoms with Crippen molar-refractivity contribution in [3.63, 3.8) is 0 Å². The summed E-state index contributed by atoms with van der Waals surface area (Å²) in [5.41, 5.74) is 0.961. The molecule has 0 N–H and O–H groups in total. The minimum Gasteiger partial charge on any atom is -0.542 e. The molecule has 2 atom stereocenters. The van der Waals surface area contributed by atoms with E-state index >= 15 is 8.78 Å². The van der Waals surface area contributed by atoms with Crippen LogP contribution < -0.4 is 0 Å². The number of unbranched alkanes of at least 4 members (excludes halogenated alkanes) is 2. The zero-order valence-electron chi connectivity index (χ0n) is 17.1. The van der Waals surface area contributed by atoms with Crippen molar-refractivity contribution in [2.45, 2.75) is 83.4 Å². The van der Waals surface area contributed by atoms with Gasteiger partial charge >= 0.3 is 5.92 Å². The van der Waals surface area contributed by atoms with Crippen LogP contribution in [0.2, 0.25) is 18.1 Å². The minimum absolute atomic E-state index is 0.0838. The van der Waals surface area contributed by atoms with Gasteiger partial charge in [0.2, 0.25) is 8.32 Å². The van der Waals surface area contributed by atoms with E-state index < -0.39 is 20.2 Å². The molecule has 1 aliphatic rings. The van der Waals surface area contributed by atoms with Crippen molar-refractivity contribution >= 4 is 8.32 Å². The molecule has 1 nitrogen and oxygen atoms in total. The van der Waals surface area contributed by atoms with E-state index in [9.17, 15) is 0 Å². The van der Waals surface area contributed by atoms with Gasteiger partial charge in [-0.05, 0) is 36.2 Å². The Morgan fingerprint density at radius 2 is 1.69 bits per heavy atom. The third kappa shape index (κ3) is 4.38. The quantitative estimate of drug-likeness (QED) is 0.351. The van der Waals surface area contributed by atoms with Gasteiger partial charge in [0, 0.05) is 11.8 Å². The Balaban J connectivity index is 2.35. The molecule has 0 aliphatic heterocycles. The van der Waals surface area contributed by atoms with Crippen LogP contribution >= 0.6 is 0 Å². The number of allylic oxidation sites excluding steroid dienone is 2. The highest BCUT2D eigenvalue weighted by Crippen LogP contribution is 2.53. The molecule has 0 saturated heterocycles. The lowest BCUT2D eigenvalue weighted by Crippen LogP contribution is -2.43. The van der Waals surface area contributed by atoms with Crippen LogP contribution in [-0.4, -0.2) is 14.2 Å². The monoisotopic (exact) mass is 380 g/mol. The maximum Gasteiger partial charge on any atom is 0.305 e. The molecule has 4 heteroatoms. The van der Waals surface area contributed by atoms with Gasteiger partial charge in [-0.1, -0.05) is 77.3 Å². The van der Waals surface area contributed by atoms with Gasteiger partial charge in [-0.25, -0.2) is 0 Å². The molecule has 0 spiro atoms. The first-order valence-corrected chi connectivity index (χ1v) is 12.8. The summed E-state index contributed by atoms with van der Waals surface area (Å²) >= 11 is 0. The van der Waals surface area contributed by atoms with Gasteiger partial charge in [0.05, 0.1) is 0 Å². The number of benzene rings is 1. The lowest BCUT2D eigenvalue weighted by molar-refractivity contribution is -0.0459. The van der Waals surface area contributed by atoms with Crippen LogP contribution in [0, 0.1) is 5.92 Å². The molecule has 0 radical (unpaired) electrons. The Labute approximate surface area is 159 Å². The second kappa shape index (κ2) is 7.83. The van der Waals surface area contributed by atoms with Crippen LogP contribution in [0.4, 0.5) is 8.78 Å². The van der Waals surface area contributed by atoms with E-state index in [1.165, 1.54) is 0 Å². The lowest BCUT2D eigenvalue weighted by atomic mass is 9.83. The Kier molecular flexibility index (Phi) is 6.37. The third-order valence-corrected chi connectivity index (χ3v) is 10.4. The number of alkyl halides is 2. The van der Waals surface area contributed by atoms with Crippen molar-refractivity contribution in [2.75, 3.05) is 0 Å². The number of halogens is 2. The van der Waals surface area contributed by atoms with Crippen molar-refractivity contribution < 1.29 is 13.2 Å². The first kappa shape index (κ1) is 21.1. The second-order valence-corrected chi connectivity index (χ2v) is 13.8. The summed E-state index contributed by atoms with van der Waals surface area (Å²) in [5.74, 6) is -3.97. The number of hydrogen-bond acceptors (Lipinski definition) is 1. The molecule has 1 aromatic rings. The molecule has 0 aromatic heterocycles. The molecule has 1 aromatic carbocycles. The van der Waals surface area contributed by atoms with Crippen LogP contribution in [0.25, 0.3) is 0 Å². The Hall–Kier alpha value is -1.16. The Bertz CT molecular complexity index is 617. The van der Waals surface area contributed by atoms with E-state index in [2.05, 4.69) is 27.7 Å². The summed E-state index contributed by atoms with van der Waals surface area (Å²) in [6.07, 6.45) is 5.11. The van der Waals surface area contributed by atoms with E-state index in [0.29, 0.717) is 6.42 Å². The molecule has 146 valence electrons. The summed E-state index contributed by atoms with van der Waals surface area (Å²) < 4.78 is 36.9. The lowest BCUT2D eigenvalue weighted by Gasteiger charge is -2.38. The van der Waals surface area contributed by atoms with Crippen molar-refractivity contribution in [2.24, 2.45) is 5.92 Å². The molecular formula is C22H34F2OSi. The number of rotatable bonds is 7. The molecule has 0 bridgehead atoms. The predicted octanol–water partition coefficient (Wildman–Crippen LogP) is 7.52. The fraction of sp³-hybridized carbons (Fsp3) is 0.636. The van der Waals surface area contributed by atoms with Gasteiger partial charge in [-0.2, -0.15) is 8.78 Å². The van der Waals surface area contributed by atoms with Gasteiger partial charge in [0.1, 0.15) is 5.76 Å². The smallest absolute Gasteiger partial charge is 0.305 e. The molecular weight excluding hydrogens is 346 g/mol. The molecule has 0 heterocycles. The number of hydrogen-bond donors (Lipinski definition) is 0. The van der Waals surface area contributed by atoms with Crippen molar-refractivity contribution in [1.29, 1.82) is 0 Å². The SMILES string of the molecule is CCCCCC1C(c2ccccc2)C=C(O[Si](C)(C)C(C)(C)C)C1(F)F. The molecule has 1 aliphatic carbocycles. The van der Waals surface area contributed by atoms with Gasteiger partial charge in [0.15, 0.2) is 0 Å². The molecule has 2 rings (SSSR count). The van der Waals surface area contributed by atoms with E-state index in [4.69, 9.17) is 4.43 Å². The van der Waals surface area contributed by atoms with E-state index in [0.717, 1.165) is 24.8 Å². The van der Waals surface area contributed by atoms with Gasteiger partial charge in [0.25, 0.3) is 0 Å². The summed E-state index contributed by atoms with van der Waals surface area (Å²) in [6, 6.07) is 9.70. The van der Waals surface area contributed by atoms with Gasteiger partial charge in [-0.3, -0.25) is 0 Å². The summed E-state index contributed by atoms with van der Waals surface area (Å²) in [7, 11) is -2.31. The van der Waals surface area contributed by atoms with Gasteiger partial charge < -0.3 is 4.43 Å². The fourth-order valence-corrected chi connectivity index (χ4v) is 4.37. The summed E-state index contributed by atoms with van der Waals surface area (Å²) in [4.78, 5) is 0. The molecule has 0 saturated carbocycles. The van der Waals surface area contributed by atoms with Crippen LogP contribution in [0.1, 0.15) is 64.9 Å². The van der Waals surface area contributed by atoms with Crippen LogP contribution in [0.5, 0.6) is 0 Å². The third-order valence-electron chi connectivity index (χ3n) is 6.03. The summed E-state index contributed by atoms with van der Waals surface area (Å²) in [6.45, 7) is 12.4. The molecule has 26 heavy (non-hydrogen) atoms. The highest BCUT2D eigenvalue weighted by Gasteiger charge is 2.55. The highest BCUT2D eigenvalue weighted by atomic mass is 28.4. The van der Waals surface area contributed by atoms with Crippen molar-refractivity contribution in [1.82, 2.24) is 0 Å². The average Bonchev–Trinajstić information content (AvgIpc) is 2.78. The summed E-state index contributed by atoms with van der Waals surface area (Å²) in [5, 5.41) is -0.105. The Morgan fingerprint density at radius 1 is 1.08 bits per heavy atom. The molecule has 0 amide bonds. The van der Waals surface area contributed by atoms with E-state index in [1.54, 1.807) is 6.08 Å². The van der Waals surface area contributed by atoms with Crippen LogP contribution in [0.15, 0.2) is 42.2 Å². The van der Waals surface area contributed by atoms with E-state index in [1.807, 2.05) is 43.4 Å². The first-order valence-electron chi connectivity index (χ1n) is 9.84. The normalized spacial score (nSPS) is 23.0. The zero-order valence-corrected chi connectivity index (χ0v) is 18.1. The molecule has 2 unspecified atom stereocenters. The standard InChI is InChI=1S/C22H34F2OSi/c1-7-8-10-15-19-18(17-13-11-9-12-14-17)16-20(22(19,23)24)25-26(5,6)21(2,3)4/h9,11-14,16,18-19H,7-8,10,15H2,1-6H3. The molecule has 0 fully saturated rings. The minimum atomic E-state index is -2.90. The predicted molar refractivity (Wildman–Crippen MR) is 108 cm³/mol. The zero-order chi connectivity index (χ0) is 19.6. The fourth-order valence-electron chi connectivity index (χ4n) is 3.31. The maximum absolute atomic E-state index is 15.4. The van der Waals surface area contributed by atoms with Crippen LogP contribution in [0.3, 0.4) is 0 Å².